The fourth-order valence-electron chi connectivity index (χ4n) is 3.03. The SMILES string of the molecule is O=CCCOC(c1ccccc1)(c1ccccc1)c1ccccc1. The van der Waals surface area contributed by atoms with Crippen molar-refractivity contribution in [2.45, 2.75) is 12.0 Å². The van der Waals surface area contributed by atoms with Crippen molar-refractivity contribution in [2.24, 2.45) is 0 Å². The summed E-state index contributed by atoms with van der Waals surface area (Å²) in [6.45, 7) is 0.363. The van der Waals surface area contributed by atoms with Crippen LogP contribution in [0.1, 0.15) is 23.1 Å². The number of ether oxygens (including phenoxy) is 1. The molecule has 0 aliphatic carbocycles. The molecule has 120 valence electrons. The number of rotatable bonds is 7. The van der Waals surface area contributed by atoms with Gasteiger partial charge in [0.1, 0.15) is 11.9 Å². The van der Waals surface area contributed by atoms with Crippen molar-refractivity contribution in [2.75, 3.05) is 6.61 Å². The molecule has 3 rings (SSSR count). The summed E-state index contributed by atoms with van der Waals surface area (Å²) in [6.07, 6.45) is 1.26. The maximum absolute atomic E-state index is 10.8. The first-order valence-corrected chi connectivity index (χ1v) is 8.12. The van der Waals surface area contributed by atoms with E-state index in [1.807, 2.05) is 54.6 Å². The average molecular weight is 316 g/mol. The van der Waals surface area contributed by atoms with Gasteiger partial charge in [-0.1, -0.05) is 91.0 Å². The van der Waals surface area contributed by atoms with E-state index in [0.29, 0.717) is 13.0 Å². The predicted molar refractivity (Wildman–Crippen MR) is 95.8 cm³/mol. The highest BCUT2D eigenvalue weighted by Gasteiger charge is 2.37. The fourth-order valence-corrected chi connectivity index (χ4v) is 3.03. The smallest absolute Gasteiger partial charge is 0.143 e. The normalized spacial score (nSPS) is 11.2. The van der Waals surface area contributed by atoms with Crippen LogP contribution >= 0.6 is 0 Å². The molecule has 0 spiro atoms. The topological polar surface area (TPSA) is 26.3 Å². The number of hydrogen-bond acceptors (Lipinski definition) is 2. The zero-order valence-corrected chi connectivity index (χ0v) is 13.5. The van der Waals surface area contributed by atoms with Gasteiger partial charge in [-0.3, -0.25) is 0 Å². The van der Waals surface area contributed by atoms with Crippen molar-refractivity contribution in [3.63, 3.8) is 0 Å². The van der Waals surface area contributed by atoms with Crippen LogP contribution in [0.2, 0.25) is 0 Å². The van der Waals surface area contributed by atoms with E-state index in [2.05, 4.69) is 36.4 Å². The Kier molecular flexibility index (Phi) is 5.19. The van der Waals surface area contributed by atoms with E-state index in [0.717, 1.165) is 23.0 Å². The van der Waals surface area contributed by atoms with Gasteiger partial charge >= 0.3 is 0 Å². The molecule has 0 aliphatic rings. The number of aldehydes is 1. The molecule has 0 atom stereocenters. The van der Waals surface area contributed by atoms with Gasteiger partial charge in [0.05, 0.1) is 6.61 Å². The monoisotopic (exact) mass is 316 g/mol. The first-order valence-electron chi connectivity index (χ1n) is 8.12. The molecule has 0 aliphatic heterocycles. The van der Waals surface area contributed by atoms with Crippen LogP contribution < -0.4 is 0 Å². The zero-order valence-electron chi connectivity index (χ0n) is 13.5. The molecular formula is C22H20O2. The quantitative estimate of drug-likeness (QED) is 0.362. The summed E-state index contributed by atoms with van der Waals surface area (Å²) >= 11 is 0. The third kappa shape index (κ3) is 3.15. The second kappa shape index (κ2) is 7.71. The van der Waals surface area contributed by atoms with Crippen LogP contribution in [0.15, 0.2) is 91.0 Å². The highest BCUT2D eigenvalue weighted by molar-refractivity contribution is 5.50. The van der Waals surface area contributed by atoms with Crippen LogP contribution in [0.4, 0.5) is 0 Å². The van der Waals surface area contributed by atoms with Crippen molar-refractivity contribution in [3.05, 3.63) is 108 Å². The van der Waals surface area contributed by atoms with E-state index in [-0.39, 0.29) is 0 Å². The van der Waals surface area contributed by atoms with Crippen molar-refractivity contribution in [1.29, 1.82) is 0 Å². The molecule has 0 heterocycles. The summed E-state index contributed by atoms with van der Waals surface area (Å²) in [6, 6.07) is 30.5. The van der Waals surface area contributed by atoms with Crippen molar-refractivity contribution >= 4 is 6.29 Å². The molecule has 2 heteroatoms. The third-order valence-corrected chi connectivity index (χ3v) is 4.10. The highest BCUT2D eigenvalue weighted by atomic mass is 16.5. The van der Waals surface area contributed by atoms with Crippen LogP contribution in [0, 0.1) is 0 Å². The molecule has 3 aromatic carbocycles. The second-order valence-electron chi connectivity index (χ2n) is 5.58. The lowest BCUT2D eigenvalue weighted by atomic mass is 9.80. The molecular weight excluding hydrogens is 296 g/mol. The molecule has 0 N–H and O–H groups in total. The van der Waals surface area contributed by atoms with Crippen molar-refractivity contribution in [1.82, 2.24) is 0 Å². The molecule has 2 nitrogen and oxygen atoms in total. The van der Waals surface area contributed by atoms with Gasteiger partial charge in [-0.25, -0.2) is 0 Å². The van der Waals surface area contributed by atoms with E-state index in [1.165, 1.54) is 0 Å². The Morgan fingerprint density at radius 2 is 1.04 bits per heavy atom. The Labute approximate surface area is 142 Å². The van der Waals surface area contributed by atoms with Gasteiger partial charge in [-0.05, 0) is 16.7 Å². The van der Waals surface area contributed by atoms with E-state index in [4.69, 9.17) is 4.74 Å². The van der Waals surface area contributed by atoms with Crippen LogP contribution in [0.5, 0.6) is 0 Å². The van der Waals surface area contributed by atoms with Gasteiger partial charge < -0.3 is 9.53 Å². The minimum absolute atomic E-state index is 0.363. The molecule has 0 aromatic heterocycles. The molecule has 0 unspecified atom stereocenters. The minimum atomic E-state index is -0.729. The summed E-state index contributed by atoms with van der Waals surface area (Å²) in [7, 11) is 0. The van der Waals surface area contributed by atoms with E-state index < -0.39 is 5.60 Å². The Hall–Kier alpha value is -2.71. The maximum atomic E-state index is 10.8. The Morgan fingerprint density at radius 1 is 0.667 bits per heavy atom. The van der Waals surface area contributed by atoms with Crippen LogP contribution in [0.3, 0.4) is 0 Å². The first-order chi connectivity index (χ1) is 11.9. The van der Waals surface area contributed by atoms with E-state index in [9.17, 15) is 4.79 Å². The summed E-state index contributed by atoms with van der Waals surface area (Å²) in [5, 5.41) is 0. The number of carbonyl (C=O) groups excluding carboxylic acids is 1. The van der Waals surface area contributed by atoms with Gasteiger partial charge in [0.15, 0.2) is 0 Å². The average Bonchev–Trinajstić information content (AvgIpc) is 2.68. The van der Waals surface area contributed by atoms with Gasteiger partial charge in [-0.2, -0.15) is 0 Å². The van der Waals surface area contributed by atoms with Crippen molar-refractivity contribution < 1.29 is 9.53 Å². The van der Waals surface area contributed by atoms with Gasteiger partial charge in [-0.15, -0.1) is 0 Å². The zero-order chi connectivity index (χ0) is 16.7. The maximum Gasteiger partial charge on any atom is 0.143 e. The second-order valence-corrected chi connectivity index (χ2v) is 5.58. The standard InChI is InChI=1S/C22H20O2/c23-17-10-18-24-22(19-11-4-1-5-12-19,20-13-6-2-7-14-20)21-15-8-3-9-16-21/h1-9,11-17H,10,18H2. The van der Waals surface area contributed by atoms with Crippen LogP contribution in [0.25, 0.3) is 0 Å². The lowest BCUT2D eigenvalue weighted by molar-refractivity contribution is -0.109. The van der Waals surface area contributed by atoms with Gasteiger partial charge in [0.25, 0.3) is 0 Å². The first kappa shape index (κ1) is 16.2. The predicted octanol–water partition coefficient (Wildman–Crippen LogP) is 4.58. The Balaban J connectivity index is 2.22. The molecule has 0 bridgehead atoms. The van der Waals surface area contributed by atoms with Gasteiger partial charge in [0.2, 0.25) is 0 Å². The Morgan fingerprint density at radius 3 is 1.38 bits per heavy atom. The number of benzene rings is 3. The summed E-state index contributed by atoms with van der Waals surface area (Å²) < 4.78 is 6.40. The molecule has 0 fully saturated rings. The lowest BCUT2D eigenvalue weighted by Crippen LogP contribution is -2.33. The van der Waals surface area contributed by atoms with E-state index >= 15 is 0 Å². The van der Waals surface area contributed by atoms with Crippen LogP contribution in [-0.2, 0) is 15.1 Å². The third-order valence-electron chi connectivity index (χ3n) is 4.10. The highest BCUT2D eigenvalue weighted by Crippen LogP contribution is 2.40. The molecule has 0 saturated carbocycles. The molecule has 24 heavy (non-hydrogen) atoms. The fraction of sp³-hybridized carbons (Fsp3) is 0.136. The lowest BCUT2D eigenvalue weighted by Gasteiger charge is -2.35. The number of hydrogen-bond donors (Lipinski definition) is 0. The number of carbonyl (C=O) groups is 1. The Bertz CT molecular complexity index is 655. The largest absolute Gasteiger partial charge is 0.360 e. The van der Waals surface area contributed by atoms with Crippen LogP contribution in [-0.4, -0.2) is 12.9 Å². The van der Waals surface area contributed by atoms with Crippen molar-refractivity contribution in [3.8, 4) is 0 Å². The minimum Gasteiger partial charge on any atom is -0.360 e. The molecule has 0 saturated heterocycles. The van der Waals surface area contributed by atoms with E-state index in [1.54, 1.807) is 0 Å². The molecule has 0 radical (unpaired) electrons. The van der Waals surface area contributed by atoms with Gasteiger partial charge in [0, 0.05) is 6.42 Å². The summed E-state index contributed by atoms with van der Waals surface area (Å²) in [5.74, 6) is 0. The summed E-state index contributed by atoms with van der Waals surface area (Å²) in [4.78, 5) is 10.8. The molecule has 0 amide bonds. The summed E-state index contributed by atoms with van der Waals surface area (Å²) in [5.41, 5.74) is 2.42. The molecule has 3 aromatic rings.